The van der Waals surface area contributed by atoms with Crippen molar-refractivity contribution in [2.75, 3.05) is 22.8 Å². The maximum absolute atomic E-state index is 13.1. The van der Waals surface area contributed by atoms with Gasteiger partial charge in [-0.25, -0.2) is 8.42 Å². The molecule has 2 aliphatic rings. The minimum atomic E-state index is -3.82. The zero-order valence-corrected chi connectivity index (χ0v) is 16.5. The van der Waals surface area contributed by atoms with Crippen LogP contribution in [0.25, 0.3) is 0 Å². The summed E-state index contributed by atoms with van der Waals surface area (Å²) >= 11 is 5.89. The number of nitrogens with zero attached hydrogens (tertiary/aromatic N) is 1. The van der Waals surface area contributed by atoms with Crippen LogP contribution in [0.4, 0.5) is 11.4 Å². The van der Waals surface area contributed by atoms with E-state index < -0.39 is 20.7 Å². The number of hydrogen-bond acceptors (Lipinski definition) is 4. The van der Waals surface area contributed by atoms with Gasteiger partial charge in [0, 0.05) is 23.2 Å². The Bertz CT molecular complexity index is 1020. The normalized spacial score (nSPS) is 24.3. The Hall–Kier alpha value is -2.51. The second-order valence-electron chi connectivity index (χ2n) is 6.88. The van der Waals surface area contributed by atoms with Crippen LogP contribution in [0.1, 0.15) is 6.42 Å². The number of amides is 1. The van der Waals surface area contributed by atoms with E-state index in [9.17, 15) is 13.2 Å². The van der Waals surface area contributed by atoms with Gasteiger partial charge < -0.3 is 10.1 Å². The van der Waals surface area contributed by atoms with Gasteiger partial charge >= 0.3 is 0 Å². The zero-order valence-electron chi connectivity index (χ0n) is 15.0. The fourth-order valence-corrected chi connectivity index (χ4v) is 6.09. The third kappa shape index (κ3) is 2.95. The maximum atomic E-state index is 13.1. The van der Waals surface area contributed by atoms with E-state index in [1.165, 1.54) is 4.31 Å². The molecule has 1 N–H and O–H groups in total. The van der Waals surface area contributed by atoms with Gasteiger partial charge in [-0.15, -0.1) is 0 Å². The highest BCUT2D eigenvalue weighted by atomic mass is 35.5. The summed E-state index contributed by atoms with van der Waals surface area (Å²) in [5, 5.41) is 3.27. The SMILES string of the molecule is C=CCOc1ccc(NC(=O)[C@]23C[C@@H]2CN(c2ccc(Cl)cc2)S3(=O)=O)cc1. The van der Waals surface area contributed by atoms with Crippen molar-refractivity contribution in [3.05, 3.63) is 66.2 Å². The summed E-state index contributed by atoms with van der Waals surface area (Å²) in [4.78, 5) is 12.9. The molecule has 0 bridgehead atoms. The van der Waals surface area contributed by atoms with Gasteiger partial charge in [-0.3, -0.25) is 9.10 Å². The summed E-state index contributed by atoms with van der Waals surface area (Å²) < 4.78 is 31.6. The van der Waals surface area contributed by atoms with Crippen LogP contribution in [-0.4, -0.2) is 32.2 Å². The molecule has 1 amide bonds. The van der Waals surface area contributed by atoms with Crippen LogP contribution in [-0.2, 0) is 14.8 Å². The number of benzene rings is 2. The van der Waals surface area contributed by atoms with E-state index >= 15 is 0 Å². The van der Waals surface area contributed by atoms with Gasteiger partial charge in [0.2, 0.25) is 15.9 Å². The topological polar surface area (TPSA) is 75.7 Å². The molecule has 2 aromatic rings. The molecule has 1 aliphatic heterocycles. The van der Waals surface area contributed by atoms with E-state index in [4.69, 9.17) is 16.3 Å². The molecule has 0 spiro atoms. The number of ether oxygens (including phenoxy) is 1. The van der Waals surface area contributed by atoms with Crippen LogP contribution in [0.2, 0.25) is 5.02 Å². The molecule has 1 saturated carbocycles. The molecular weight excluding hydrogens is 400 g/mol. The molecule has 0 aromatic heterocycles. The number of rotatable bonds is 6. The monoisotopic (exact) mass is 418 g/mol. The van der Waals surface area contributed by atoms with Crippen molar-refractivity contribution < 1.29 is 17.9 Å². The highest BCUT2D eigenvalue weighted by Gasteiger charge is 2.75. The van der Waals surface area contributed by atoms with Crippen LogP contribution in [0, 0.1) is 5.92 Å². The lowest BCUT2D eigenvalue weighted by molar-refractivity contribution is -0.116. The number of hydrogen-bond donors (Lipinski definition) is 1. The second-order valence-corrected chi connectivity index (χ2v) is 9.44. The Labute approximate surface area is 168 Å². The van der Waals surface area contributed by atoms with E-state index in [1.807, 2.05) is 0 Å². The largest absolute Gasteiger partial charge is 0.490 e. The molecule has 0 unspecified atom stereocenters. The van der Waals surface area contributed by atoms with E-state index in [2.05, 4.69) is 11.9 Å². The lowest BCUT2D eigenvalue weighted by Crippen LogP contribution is -2.42. The summed E-state index contributed by atoms with van der Waals surface area (Å²) in [6, 6.07) is 13.4. The van der Waals surface area contributed by atoms with Gasteiger partial charge in [0.1, 0.15) is 12.4 Å². The molecule has 28 heavy (non-hydrogen) atoms. The fraction of sp³-hybridized carbons (Fsp3) is 0.250. The fourth-order valence-electron chi connectivity index (χ4n) is 3.60. The van der Waals surface area contributed by atoms with Crippen molar-refractivity contribution >= 4 is 38.9 Å². The van der Waals surface area contributed by atoms with Gasteiger partial charge in [-0.2, -0.15) is 0 Å². The van der Waals surface area contributed by atoms with E-state index in [1.54, 1.807) is 54.6 Å². The maximum Gasteiger partial charge on any atom is 0.250 e. The molecule has 2 atom stereocenters. The molecule has 1 heterocycles. The predicted molar refractivity (Wildman–Crippen MR) is 109 cm³/mol. The van der Waals surface area contributed by atoms with Crippen molar-refractivity contribution in [2.24, 2.45) is 5.92 Å². The standard InChI is InChI=1S/C20H19ClN2O4S/c1-2-11-27-18-9-5-16(6-10-18)22-19(24)20-12-14(20)13-23(28(20,25)26)17-7-3-15(21)4-8-17/h2-10,14H,1,11-13H2,(H,22,24)/t14-,20+/m1/s1. The van der Waals surface area contributed by atoms with Crippen LogP contribution in [0.5, 0.6) is 5.75 Å². The summed E-state index contributed by atoms with van der Waals surface area (Å²) in [7, 11) is -3.82. The van der Waals surface area contributed by atoms with E-state index in [0.717, 1.165) is 0 Å². The predicted octanol–water partition coefficient (Wildman–Crippen LogP) is 3.45. The summed E-state index contributed by atoms with van der Waals surface area (Å²) in [6.07, 6.45) is 1.98. The Morgan fingerprint density at radius 2 is 1.93 bits per heavy atom. The van der Waals surface area contributed by atoms with Crippen molar-refractivity contribution in [2.45, 2.75) is 11.2 Å². The number of halogens is 1. The first kappa shape index (κ1) is 18.8. The average molecular weight is 419 g/mol. The third-order valence-corrected chi connectivity index (χ3v) is 7.96. The molecule has 6 nitrogen and oxygen atoms in total. The first-order valence-electron chi connectivity index (χ1n) is 8.81. The summed E-state index contributed by atoms with van der Waals surface area (Å²) in [6.45, 7) is 4.27. The number of nitrogens with one attached hydrogen (secondary N) is 1. The van der Waals surface area contributed by atoms with Crippen molar-refractivity contribution in [3.63, 3.8) is 0 Å². The van der Waals surface area contributed by atoms with Crippen LogP contribution < -0.4 is 14.4 Å². The van der Waals surface area contributed by atoms with E-state index in [-0.39, 0.29) is 5.92 Å². The summed E-state index contributed by atoms with van der Waals surface area (Å²) in [5.41, 5.74) is 1.05. The number of sulfonamides is 1. The average Bonchev–Trinajstić information content (AvgIpc) is 3.37. The zero-order chi connectivity index (χ0) is 19.9. The highest BCUT2D eigenvalue weighted by Crippen LogP contribution is 2.58. The molecule has 1 aliphatic carbocycles. The molecule has 0 radical (unpaired) electrons. The smallest absolute Gasteiger partial charge is 0.250 e. The molecular formula is C20H19ClN2O4S. The lowest BCUT2D eigenvalue weighted by atomic mass is 10.2. The van der Waals surface area contributed by atoms with E-state index in [0.29, 0.717) is 41.7 Å². The minimum Gasteiger partial charge on any atom is -0.490 e. The second kappa shape index (κ2) is 6.83. The van der Waals surface area contributed by atoms with Crippen LogP contribution in [0.15, 0.2) is 61.2 Å². The molecule has 4 rings (SSSR count). The third-order valence-electron chi connectivity index (χ3n) is 5.16. The number of fused-ring (bicyclic) bond motifs is 1. The summed E-state index contributed by atoms with van der Waals surface area (Å²) in [5.74, 6) is -0.0696. The highest BCUT2D eigenvalue weighted by molar-refractivity contribution is 7.95. The van der Waals surface area contributed by atoms with Gasteiger partial charge in [-0.05, 0) is 55.0 Å². The van der Waals surface area contributed by atoms with Gasteiger partial charge in [0.15, 0.2) is 4.75 Å². The number of anilines is 2. The van der Waals surface area contributed by atoms with Crippen LogP contribution >= 0.6 is 11.6 Å². The molecule has 146 valence electrons. The Morgan fingerprint density at radius 1 is 1.25 bits per heavy atom. The quantitative estimate of drug-likeness (QED) is 0.729. The Balaban J connectivity index is 1.52. The van der Waals surface area contributed by atoms with Crippen LogP contribution in [0.3, 0.4) is 0 Å². The molecule has 2 fully saturated rings. The van der Waals surface area contributed by atoms with Gasteiger partial charge in [-0.1, -0.05) is 24.3 Å². The Morgan fingerprint density at radius 3 is 2.57 bits per heavy atom. The molecule has 1 saturated heterocycles. The van der Waals surface area contributed by atoms with Crippen molar-refractivity contribution in [1.29, 1.82) is 0 Å². The molecule has 8 heteroatoms. The van der Waals surface area contributed by atoms with Gasteiger partial charge in [0.05, 0.1) is 5.69 Å². The molecule has 2 aromatic carbocycles. The van der Waals surface area contributed by atoms with Crippen molar-refractivity contribution in [3.8, 4) is 5.75 Å². The minimum absolute atomic E-state index is 0.219. The Kier molecular flexibility index (Phi) is 4.59. The van der Waals surface area contributed by atoms with Crippen molar-refractivity contribution in [1.82, 2.24) is 0 Å². The number of carbonyl (C=O) groups is 1. The first-order valence-corrected chi connectivity index (χ1v) is 10.6. The lowest BCUT2D eigenvalue weighted by Gasteiger charge is -2.23. The van der Waals surface area contributed by atoms with Gasteiger partial charge in [0.25, 0.3) is 0 Å². The number of carbonyl (C=O) groups excluding carboxylic acids is 1. The first-order chi connectivity index (χ1) is 13.4.